The second-order valence-electron chi connectivity index (χ2n) is 6.61. The van der Waals surface area contributed by atoms with Gasteiger partial charge in [0.25, 0.3) is 0 Å². The van der Waals surface area contributed by atoms with Crippen molar-refractivity contribution in [3.8, 4) is 0 Å². The fourth-order valence-corrected chi connectivity index (χ4v) is 3.28. The molecule has 2 N–H and O–H groups in total. The van der Waals surface area contributed by atoms with Gasteiger partial charge in [0.1, 0.15) is 0 Å². The predicted octanol–water partition coefficient (Wildman–Crippen LogP) is 2.47. The van der Waals surface area contributed by atoms with Crippen LogP contribution in [0.3, 0.4) is 0 Å². The van der Waals surface area contributed by atoms with Crippen LogP contribution in [-0.2, 0) is 4.79 Å². The zero-order chi connectivity index (χ0) is 16.4. The van der Waals surface area contributed by atoms with Crippen molar-refractivity contribution in [3.63, 3.8) is 0 Å². The molecule has 1 aliphatic rings. The monoisotopic (exact) mass is 312 g/mol. The standard InChI is InChI=1S/C19H24N2O2/c1-21(2)19(10-5-11-19)18(23)20-13-17(22)16-9-8-14-6-3-4-7-15(14)12-16/h3-4,6-9,12,17,22H,5,10-11,13H2,1-2H3,(H,20,23). The van der Waals surface area contributed by atoms with Gasteiger partial charge in [-0.3, -0.25) is 9.69 Å². The molecular formula is C19H24N2O2. The minimum absolute atomic E-state index is 0.0218. The van der Waals surface area contributed by atoms with Crippen LogP contribution in [0.4, 0.5) is 0 Å². The maximum atomic E-state index is 12.5. The van der Waals surface area contributed by atoms with E-state index < -0.39 is 6.10 Å². The summed E-state index contributed by atoms with van der Waals surface area (Å²) >= 11 is 0. The molecule has 2 aromatic carbocycles. The molecule has 4 nitrogen and oxygen atoms in total. The lowest BCUT2D eigenvalue weighted by Gasteiger charge is -2.45. The number of rotatable bonds is 5. The van der Waals surface area contributed by atoms with Gasteiger partial charge in [-0.25, -0.2) is 0 Å². The average molecular weight is 312 g/mol. The Morgan fingerprint density at radius 1 is 1.22 bits per heavy atom. The van der Waals surface area contributed by atoms with E-state index in [0.717, 1.165) is 35.6 Å². The minimum Gasteiger partial charge on any atom is -0.387 e. The Balaban J connectivity index is 1.66. The lowest BCUT2D eigenvalue weighted by Crippen LogP contribution is -2.60. The quantitative estimate of drug-likeness (QED) is 0.892. The minimum atomic E-state index is -0.692. The summed E-state index contributed by atoms with van der Waals surface area (Å²) in [7, 11) is 3.89. The van der Waals surface area contributed by atoms with Gasteiger partial charge in [0.05, 0.1) is 11.6 Å². The summed E-state index contributed by atoms with van der Waals surface area (Å²) in [6.07, 6.45) is 2.16. The van der Waals surface area contributed by atoms with Gasteiger partial charge in [-0.05, 0) is 55.8 Å². The van der Waals surface area contributed by atoms with E-state index in [2.05, 4.69) is 5.32 Å². The second kappa shape index (κ2) is 6.30. The van der Waals surface area contributed by atoms with E-state index in [1.54, 1.807) is 0 Å². The van der Waals surface area contributed by atoms with Gasteiger partial charge in [-0.1, -0.05) is 36.4 Å². The molecule has 0 aliphatic heterocycles. The molecule has 1 saturated carbocycles. The van der Waals surface area contributed by atoms with Crippen molar-refractivity contribution in [2.24, 2.45) is 0 Å². The van der Waals surface area contributed by atoms with Crippen molar-refractivity contribution < 1.29 is 9.90 Å². The van der Waals surface area contributed by atoms with Gasteiger partial charge in [0.15, 0.2) is 0 Å². The van der Waals surface area contributed by atoms with Crippen molar-refractivity contribution in [1.82, 2.24) is 10.2 Å². The Kier molecular flexibility index (Phi) is 4.37. The lowest BCUT2D eigenvalue weighted by atomic mass is 9.75. The molecule has 1 fully saturated rings. The van der Waals surface area contributed by atoms with E-state index in [0.29, 0.717) is 0 Å². The average Bonchev–Trinajstić information content (AvgIpc) is 2.50. The first kappa shape index (κ1) is 16.0. The molecule has 0 aromatic heterocycles. The molecule has 0 heterocycles. The second-order valence-corrected chi connectivity index (χ2v) is 6.61. The Morgan fingerprint density at radius 3 is 2.52 bits per heavy atom. The highest BCUT2D eigenvalue weighted by Gasteiger charge is 2.45. The number of aliphatic hydroxyl groups excluding tert-OH is 1. The number of nitrogens with one attached hydrogen (secondary N) is 1. The first-order chi connectivity index (χ1) is 11.0. The van der Waals surface area contributed by atoms with Crippen molar-refractivity contribution in [1.29, 1.82) is 0 Å². The molecule has 0 bridgehead atoms. The van der Waals surface area contributed by atoms with Crippen molar-refractivity contribution in [2.45, 2.75) is 30.9 Å². The number of hydrogen-bond donors (Lipinski definition) is 2. The highest BCUT2D eigenvalue weighted by Crippen LogP contribution is 2.36. The molecule has 1 aliphatic carbocycles. The molecule has 0 saturated heterocycles. The summed E-state index contributed by atoms with van der Waals surface area (Å²) in [4.78, 5) is 14.5. The molecule has 2 aromatic rings. The Morgan fingerprint density at radius 2 is 1.91 bits per heavy atom. The molecule has 1 amide bonds. The fraction of sp³-hybridized carbons (Fsp3) is 0.421. The molecule has 0 radical (unpaired) electrons. The van der Waals surface area contributed by atoms with Gasteiger partial charge in [-0.2, -0.15) is 0 Å². The van der Waals surface area contributed by atoms with Crippen LogP contribution in [-0.4, -0.2) is 42.1 Å². The van der Waals surface area contributed by atoms with Crippen LogP contribution >= 0.6 is 0 Å². The highest BCUT2D eigenvalue weighted by atomic mass is 16.3. The zero-order valence-corrected chi connectivity index (χ0v) is 13.7. The summed E-state index contributed by atoms with van der Waals surface area (Å²) < 4.78 is 0. The summed E-state index contributed by atoms with van der Waals surface area (Å²) in [5, 5.41) is 15.6. The van der Waals surface area contributed by atoms with Crippen molar-refractivity contribution >= 4 is 16.7 Å². The number of carbonyl (C=O) groups excluding carboxylic acids is 1. The smallest absolute Gasteiger partial charge is 0.240 e. The maximum absolute atomic E-state index is 12.5. The molecule has 0 spiro atoms. The van der Waals surface area contributed by atoms with E-state index >= 15 is 0 Å². The first-order valence-corrected chi connectivity index (χ1v) is 8.15. The van der Waals surface area contributed by atoms with Crippen LogP contribution in [0.25, 0.3) is 10.8 Å². The van der Waals surface area contributed by atoms with E-state index in [9.17, 15) is 9.90 Å². The number of benzene rings is 2. The number of likely N-dealkylation sites (N-methyl/N-ethyl adjacent to an activating group) is 1. The highest BCUT2D eigenvalue weighted by molar-refractivity contribution is 5.87. The molecule has 4 heteroatoms. The SMILES string of the molecule is CN(C)C1(C(=O)NCC(O)c2ccc3ccccc3c2)CCC1. The van der Waals surface area contributed by atoms with E-state index in [1.807, 2.05) is 61.5 Å². The largest absolute Gasteiger partial charge is 0.387 e. The zero-order valence-electron chi connectivity index (χ0n) is 13.7. The van der Waals surface area contributed by atoms with Crippen molar-refractivity contribution in [2.75, 3.05) is 20.6 Å². The summed E-state index contributed by atoms with van der Waals surface area (Å²) in [5.41, 5.74) is 0.444. The van der Waals surface area contributed by atoms with Crippen molar-refractivity contribution in [3.05, 3.63) is 48.0 Å². The van der Waals surface area contributed by atoms with Crippen LogP contribution in [0.5, 0.6) is 0 Å². The summed E-state index contributed by atoms with van der Waals surface area (Å²) in [6, 6.07) is 14.0. The van der Waals surface area contributed by atoms with Crippen LogP contribution in [0.1, 0.15) is 30.9 Å². The fourth-order valence-electron chi connectivity index (χ4n) is 3.28. The number of carbonyl (C=O) groups is 1. The Labute approximate surface area is 137 Å². The van der Waals surface area contributed by atoms with Crippen LogP contribution in [0, 0.1) is 0 Å². The van der Waals surface area contributed by atoms with Gasteiger partial charge >= 0.3 is 0 Å². The molecule has 3 rings (SSSR count). The normalized spacial score (nSPS) is 17.7. The summed E-state index contributed by atoms with van der Waals surface area (Å²) in [6.45, 7) is 0.243. The van der Waals surface area contributed by atoms with Gasteiger partial charge < -0.3 is 10.4 Å². The third-order valence-corrected chi connectivity index (χ3v) is 5.07. The molecule has 1 atom stereocenters. The molecule has 23 heavy (non-hydrogen) atoms. The molecule has 122 valence electrons. The first-order valence-electron chi connectivity index (χ1n) is 8.15. The predicted molar refractivity (Wildman–Crippen MR) is 92.2 cm³/mol. The third-order valence-electron chi connectivity index (χ3n) is 5.07. The van der Waals surface area contributed by atoms with E-state index in [4.69, 9.17) is 0 Å². The Hall–Kier alpha value is -1.91. The van der Waals surface area contributed by atoms with Crippen LogP contribution in [0.15, 0.2) is 42.5 Å². The molecular weight excluding hydrogens is 288 g/mol. The Bertz CT molecular complexity index is 707. The summed E-state index contributed by atoms with van der Waals surface area (Å²) in [5.74, 6) is 0.0218. The number of nitrogens with zero attached hydrogens (tertiary/aromatic N) is 1. The number of amides is 1. The lowest BCUT2D eigenvalue weighted by molar-refractivity contribution is -0.137. The number of aliphatic hydroxyl groups is 1. The topological polar surface area (TPSA) is 52.6 Å². The third kappa shape index (κ3) is 2.96. The van der Waals surface area contributed by atoms with Crippen LogP contribution in [0.2, 0.25) is 0 Å². The van der Waals surface area contributed by atoms with E-state index in [-0.39, 0.29) is 18.0 Å². The van der Waals surface area contributed by atoms with Gasteiger partial charge in [0.2, 0.25) is 5.91 Å². The van der Waals surface area contributed by atoms with Crippen LogP contribution < -0.4 is 5.32 Å². The maximum Gasteiger partial charge on any atom is 0.240 e. The number of fused-ring (bicyclic) bond motifs is 1. The van der Waals surface area contributed by atoms with E-state index in [1.165, 1.54) is 0 Å². The molecule has 1 unspecified atom stereocenters. The van der Waals surface area contributed by atoms with Gasteiger partial charge in [-0.15, -0.1) is 0 Å². The van der Waals surface area contributed by atoms with Gasteiger partial charge in [0, 0.05) is 6.54 Å². The number of hydrogen-bond acceptors (Lipinski definition) is 3.